The van der Waals surface area contributed by atoms with Gasteiger partial charge in [0.2, 0.25) is 0 Å². The monoisotopic (exact) mass is 317 g/mol. The fraction of sp³-hybridized carbons (Fsp3) is 0.538. The molecule has 1 aromatic carbocycles. The van der Waals surface area contributed by atoms with Crippen LogP contribution in [-0.4, -0.2) is 26.0 Å². The Morgan fingerprint density at radius 2 is 2.12 bits per heavy atom. The maximum Gasteiger partial charge on any atom is 0.133 e. The van der Waals surface area contributed by atoms with Crippen LogP contribution < -0.4 is 10.1 Å². The molecule has 17 heavy (non-hydrogen) atoms. The van der Waals surface area contributed by atoms with Gasteiger partial charge < -0.3 is 10.1 Å². The lowest BCUT2D eigenvalue weighted by Crippen LogP contribution is -2.33. The van der Waals surface area contributed by atoms with Crippen LogP contribution in [0.4, 0.5) is 0 Å². The molecule has 1 rings (SSSR count). The number of halogens is 1. The van der Waals surface area contributed by atoms with Crippen molar-refractivity contribution in [3.05, 3.63) is 28.2 Å². The Bertz CT molecular complexity index is 368. The third-order valence-electron chi connectivity index (χ3n) is 2.79. The van der Waals surface area contributed by atoms with Crippen molar-refractivity contribution < 1.29 is 4.74 Å². The summed E-state index contributed by atoms with van der Waals surface area (Å²) in [5.74, 6) is 1.73. The number of benzene rings is 1. The molecule has 0 unspecified atom stereocenters. The summed E-state index contributed by atoms with van der Waals surface area (Å²) < 4.78 is 6.24. The van der Waals surface area contributed by atoms with E-state index >= 15 is 0 Å². The van der Waals surface area contributed by atoms with E-state index in [1.165, 1.54) is 5.56 Å². The molecular formula is C13H20BrNOS. The van der Waals surface area contributed by atoms with Crippen molar-refractivity contribution in [1.29, 1.82) is 0 Å². The highest BCUT2D eigenvalue weighted by atomic mass is 79.9. The highest BCUT2D eigenvalue weighted by Crippen LogP contribution is 2.31. The molecule has 96 valence electrons. The summed E-state index contributed by atoms with van der Waals surface area (Å²) in [6.07, 6.45) is 0. The van der Waals surface area contributed by atoms with Crippen molar-refractivity contribution in [1.82, 2.24) is 5.32 Å². The second-order valence-corrected chi connectivity index (χ2v) is 5.94. The predicted octanol–water partition coefficient (Wildman–Crippen LogP) is 3.25. The molecule has 0 aliphatic rings. The zero-order chi connectivity index (χ0) is 12.9. The number of hydrogen-bond acceptors (Lipinski definition) is 3. The summed E-state index contributed by atoms with van der Waals surface area (Å²) in [6.45, 7) is 6.33. The Kier molecular flexibility index (Phi) is 5.83. The Balaban J connectivity index is 2.80. The fourth-order valence-electron chi connectivity index (χ4n) is 1.67. The zero-order valence-corrected chi connectivity index (χ0v) is 13.1. The third kappa shape index (κ3) is 4.19. The lowest BCUT2D eigenvalue weighted by atomic mass is 9.84. The van der Waals surface area contributed by atoms with Crippen LogP contribution in [0.1, 0.15) is 19.4 Å². The van der Waals surface area contributed by atoms with Gasteiger partial charge in [-0.2, -0.15) is 12.6 Å². The zero-order valence-electron chi connectivity index (χ0n) is 10.6. The van der Waals surface area contributed by atoms with Crippen molar-refractivity contribution >= 4 is 28.6 Å². The molecule has 0 spiro atoms. The maximum atomic E-state index is 5.24. The molecule has 1 aromatic rings. The number of ether oxygens (including phenoxy) is 1. The summed E-state index contributed by atoms with van der Waals surface area (Å²) >= 11 is 7.72. The Labute approximate surface area is 118 Å². The van der Waals surface area contributed by atoms with E-state index in [0.717, 1.165) is 29.1 Å². The molecule has 0 aliphatic carbocycles. The van der Waals surface area contributed by atoms with E-state index in [-0.39, 0.29) is 5.41 Å². The minimum absolute atomic E-state index is 0.0950. The molecule has 0 aromatic heterocycles. The van der Waals surface area contributed by atoms with Gasteiger partial charge in [-0.15, -0.1) is 0 Å². The average molecular weight is 318 g/mol. The van der Waals surface area contributed by atoms with Crippen LogP contribution >= 0.6 is 28.6 Å². The number of methoxy groups -OCH3 is 1. The first kappa shape index (κ1) is 14.9. The Hall–Kier alpha value is -0.190. The summed E-state index contributed by atoms with van der Waals surface area (Å²) in [6, 6.07) is 6.24. The Morgan fingerprint density at radius 3 is 2.65 bits per heavy atom. The van der Waals surface area contributed by atoms with E-state index in [2.05, 4.69) is 59.9 Å². The molecule has 0 radical (unpaired) electrons. The van der Waals surface area contributed by atoms with Crippen LogP contribution in [0.15, 0.2) is 22.7 Å². The number of thiol groups is 1. The van der Waals surface area contributed by atoms with Crippen LogP contribution in [0.5, 0.6) is 5.75 Å². The van der Waals surface area contributed by atoms with Gasteiger partial charge in [0.05, 0.1) is 11.6 Å². The summed E-state index contributed by atoms with van der Waals surface area (Å²) in [4.78, 5) is 0. The van der Waals surface area contributed by atoms with Gasteiger partial charge in [-0.3, -0.25) is 0 Å². The molecule has 0 saturated carbocycles. The maximum absolute atomic E-state index is 5.24. The predicted molar refractivity (Wildman–Crippen MR) is 80.4 cm³/mol. The molecule has 0 aliphatic heterocycles. The van der Waals surface area contributed by atoms with Gasteiger partial charge >= 0.3 is 0 Å². The largest absolute Gasteiger partial charge is 0.496 e. The van der Waals surface area contributed by atoms with Crippen molar-refractivity contribution in [2.75, 3.05) is 26.0 Å². The number of nitrogens with one attached hydrogen (secondary N) is 1. The van der Waals surface area contributed by atoms with E-state index in [1.807, 2.05) is 6.07 Å². The van der Waals surface area contributed by atoms with Crippen LogP contribution in [0.2, 0.25) is 0 Å². The van der Waals surface area contributed by atoms with Gasteiger partial charge in [-0.25, -0.2) is 0 Å². The standard InChI is InChI=1S/C13H20BrNOS/c1-13(2,9-15-6-7-17)10-4-5-12(16-3)11(14)8-10/h4-5,8,15,17H,6-7,9H2,1-3H3. The van der Waals surface area contributed by atoms with Gasteiger partial charge in [0.25, 0.3) is 0 Å². The second-order valence-electron chi connectivity index (χ2n) is 4.63. The van der Waals surface area contributed by atoms with Crippen molar-refractivity contribution in [2.24, 2.45) is 0 Å². The SMILES string of the molecule is COc1ccc(C(C)(C)CNCCS)cc1Br. The molecule has 2 nitrogen and oxygen atoms in total. The van der Waals surface area contributed by atoms with E-state index in [0.29, 0.717) is 0 Å². The van der Waals surface area contributed by atoms with Gasteiger partial charge in [0.15, 0.2) is 0 Å². The smallest absolute Gasteiger partial charge is 0.133 e. The van der Waals surface area contributed by atoms with E-state index < -0.39 is 0 Å². The van der Waals surface area contributed by atoms with E-state index in [9.17, 15) is 0 Å². The quantitative estimate of drug-likeness (QED) is 0.621. The van der Waals surface area contributed by atoms with E-state index in [4.69, 9.17) is 4.74 Å². The minimum atomic E-state index is 0.0950. The molecule has 0 fully saturated rings. The summed E-state index contributed by atoms with van der Waals surface area (Å²) in [5, 5.41) is 3.40. The molecule has 0 atom stereocenters. The number of rotatable bonds is 6. The number of hydrogen-bond donors (Lipinski definition) is 2. The first-order valence-electron chi connectivity index (χ1n) is 5.67. The molecule has 4 heteroatoms. The summed E-state index contributed by atoms with van der Waals surface area (Å²) in [5.41, 5.74) is 1.38. The first-order valence-corrected chi connectivity index (χ1v) is 7.09. The molecule has 1 N–H and O–H groups in total. The normalized spacial score (nSPS) is 11.6. The first-order chi connectivity index (χ1) is 8.01. The summed E-state index contributed by atoms with van der Waals surface area (Å²) in [7, 11) is 1.68. The van der Waals surface area contributed by atoms with Gasteiger partial charge in [-0.05, 0) is 33.6 Å². The average Bonchev–Trinajstić information content (AvgIpc) is 2.29. The molecule has 0 bridgehead atoms. The molecular weight excluding hydrogens is 298 g/mol. The van der Waals surface area contributed by atoms with Gasteiger partial charge in [0.1, 0.15) is 5.75 Å². The second kappa shape index (κ2) is 6.66. The van der Waals surface area contributed by atoms with Crippen LogP contribution in [0.25, 0.3) is 0 Å². The fourth-order valence-corrected chi connectivity index (χ4v) is 2.37. The lowest BCUT2D eigenvalue weighted by Gasteiger charge is -2.26. The molecule has 0 heterocycles. The highest BCUT2D eigenvalue weighted by Gasteiger charge is 2.20. The van der Waals surface area contributed by atoms with Crippen LogP contribution in [0, 0.1) is 0 Å². The van der Waals surface area contributed by atoms with Crippen molar-refractivity contribution in [3.8, 4) is 5.75 Å². The van der Waals surface area contributed by atoms with Crippen LogP contribution in [0.3, 0.4) is 0 Å². The van der Waals surface area contributed by atoms with Gasteiger partial charge in [0, 0.05) is 24.3 Å². The van der Waals surface area contributed by atoms with Crippen molar-refractivity contribution in [3.63, 3.8) is 0 Å². The third-order valence-corrected chi connectivity index (χ3v) is 3.63. The molecule has 0 amide bonds. The topological polar surface area (TPSA) is 21.3 Å². The van der Waals surface area contributed by atoms with E-state index in [1.54, 1.807) is 7.11 Å². The Morgan fingerprint density at radius 1 is 1.41 bits per heavy atom. The minimum Gasteiger partial charge on any atom is -0.496 e. The van der Waals surface area contributed by atoms with Gasteiger partial charge in [-0.1, -0.05) is 19.9 Å². The van der Waals surface area contributed by atoms with Crippen LogP contribution in [-0.2, 0) is 5.41 Å². The molecule has 0 saturated heterocycles. The van der Waals surface area contributed by atoms with Crippen molar-refractivity contribution in [2.45, 2.75) is 19.3 Å². The highest BCUT2D eigenvalue weighted by molar-refractivity contribution is 9.10. The lowest BCUT2D eigenvalue weighted by molar-refractivity contribution is 0.410.